The maximum Gasteiger partial charge on any atom is 0.418 e. The first-order valence-electron chi connectivity index (χ1n) is 10.9. The van der Waals surface area contributed by atoms with Crippen LogP contribution in [0.15, 0.2) is 36.5 Å². The maximum absolute atomic E-state index is 13.0. The minimum atomic E-state index is -4.63. The third kappa shape index (κ3) is 5.65. The molecule has 12 heteroatoms. The summed E-state index contributed by atoms with van der Waals surface area (Å²) in [4.78, 5) is 24.0. The number of aryl methyl sites for hydroxylation is 1. The lowest BCUT2D eigenvalue weighted by Crippen LogP contribution is -2.41. The largest absolute Gasteiger partial charge is 0.418 e. The fourth-order valence-electron chi connectivity index (χ4n) is 3.64. The summed E-state index contributed by atoms with van der Waals surface area (Å²) in [6, 6.07) is 7.61. The van der Waals surface area contributed by atoms with Crippen molar-refractivity contribution in [3.8, 4) is 11.4 Å². The van der Waals surface area contributed by atoms with Gasteiger partial charge >= 0.3 is 6.18 Å². The molecule has 2 N–H and O–H groups in total. The Labute approximate surface area is 199 Å². The summed E-state index contributed by atoms with van der Waals surface area (Å²) in [5.74, 6) is 0.990. The summed E-state index contributed by atoms with van der Waals surface area (Å²) >= 11 is 0. The first-order chi connectivity index (χ1) is 16.6. The average molecular weight is 487 g/mol. The second kappa shape index (κ2) is 9.82. The van der Waals surface area contributed by atoms with Crippen molar-refractivity contribution >= 4 is 23.2 Å². The highest BCUT2D eigenvalue weighted by Gasteiger charge is 2.32. The van der Waals surface area contributed by atoms with Gasteiger partial charge in [0, 0.05) is 37.5 Å². The second-order valence-electron chi connectivity index (χ2n) is 8.12. The Hall–Kier alpha value is -3.80. The Kier molecular flexibility index (Phi) is 6.83. The van der Waals surface area contributed by atoms with E-state index in [4.69, 9.17) is 9.72 Å². The monoisotopic (exact) mass is 487 g/mol. The van der Waals surface area contributed by atoms with Gasteiger partial charge in [-0.1, -0.05) is 6.07 Å². The van der Waals surface area contributed by atoms with E-state index in [1.165, 1.54) is 0 Å². The topological polar surface area (TPSA) is 105 Å². The molecule has 1 aromatic carbocycles. The molecule has 0 spiro atoms. The number of hydrogen-bond acceptors (Lipinski definition) is 8. The van der Waals surface area contributed by atoms with Crippen molar-refractivity contribution in [1.82, 2.24) is 20.2 Å². The molecule has 0 radical (unpaired) electrons. The quantitative estimate of drug-likeness (QED) is 0.560. The van der Waals surface area contributed by atoms with Gasteiger partial charge in [0.15, 0.2) is 11.5 Å². The molecule has 184 valence electrons. The number of morpholine rings is 1. The molecule has 0 aliphatic carbocycles. The third-order valence-corrected chi connectivity index (χ3v) is 5.48. The molecule has 0 saturated carbocycles. The van der Waals surface area contributed by atoms with Gasteiger partial charge in [0.05, 0.1) is 24.5 Å². The number of anilines is 3. The van der Waals surface area contributed by atoms with Crippen LogP contribution in [0.2, 0.25) is 0 Å². The number of carbonyl (C=O) groups is 1. The molecule has 3 aromatic rings. The molecular formula is C23H24F3N7O2. The van der Waals surface area contributed by atoms with Crippen molar-refractivity contribution in [2.24, 2.45) is 0 Å². The first-order valence-corrected chi connectivity index (χ1v) is 10.9. The number of nitrogens with zero attached hydrogens (tertiary/aromatic N) is 5. The van der Waals surface area contributed by atoms with Crippen molar-refractivity contribution in [2.45, 2.75) is 26.1 Å². The number of alkyl halides is 3. The van der Waals surface area contributed by atoms with Crippen LogP contribution in [0.3, 0.4) is 0 Å². The molecule has 1 aliphatic heterocycles. The fourth-order valence-corrected chi connectivity index (χ4v) is 3.64. The standard InChI is InChI=1S/C23H24F3N7O2/c1-13-4-5-16(29-22(34)18-8-15(11-28-32-18)23(24,25)26)9-17(13)21-30-19(27-3)10-20(31-21)33-6-7-35-14(2)12-33/h4-5,8-11,14H,6-7,12H2,1-3H3,(H,29,34)(H,27,30,31)/t14-/m1/s1. The molecule has 1 amide bonds. The van der Waals surface area contributed by atoms with Gasteiger partial charge in [-0.15, -0.1) is 5.10 Å². The molecular weight excluding hydrogens is 463 g/mol. The van der Waals surface area contributed by atoms with E-state index in [-0.39, 0.29) is 6.10 Å². The molecule has 0 unspecified atom stereocenters. The number of hydrogen-bond donors (Lipinski definition) is 2. The summed E-state index contributed by atoms with van der Waals surface area (Å²) in [5, 5.41) is 12.5. The van der Waals surface area contributed by atoms with Crippen LogP contribution >= 0.6 is 0 Å². The minimum absolute atomic E-state index is 0.0689. The van der Waals surface area contributed by atoms with Crippen molar-refractivity contribution in [3.05, 3.63) is 53.3 Å². The van der Waals surface area contributed by atoms with Gasteiger partial charge in [-0.3, -0.25) is 4.79 Å². The van der Waals surface area contributed by atoms with Crippen LogP contribution in [0.4, 0.5) is 30.5 Å². The lowest BCUT2D eigenvalue weighted by atomic mass is 10.1. The predicted molar refractivity (Wildman–Crippen MR) is 124 cm³/mol. The highest BCUT2D eigenvalue weighted by atomic mass is 19.4. The number of ether oxygens (including phenoxy) is 1. The maximum atomic E-state index is 13.0. The van der Waals surface area contributed by atoms with E-state index in [1.807, 2.05) is 19.9 Å². The Morgan fingerprint density at radius 2 is 2.00 bits per heavy atom. The van der Waals surface area contributed by atoms with Crippen LogP contribution in [0.1, 0.15) is 28.5 Å². The van der Waals surface area contributed by atoms with Crippen molar-refractivity contribution in [3.63, 3.8) is 0 Å². The van der Waals surface area contributed by atoms with Crippen LogP contribution in [-0.4, -0.2) is 58.9 Å². The van der Waals surface area contributed by atoms with Gasteiger partial charge in [0.2, 0.25) is 0 Å². The van der Waals surface area contributed by atoms with E-state index in [0.29, 0.717) is 54.9 Å². The number of aromatic nitrogens is 4. The molecule has 1 fully saturated rings. The van der Waals surface area contributed by atoms with Gasteiger partial charge in [-0.05, 0) is 37.6 Å². The number of nitrogens with one attached hydrogen (secondary N) is 2. The third-order valence-electron chi connectivity index (χ3n) is 5.48. The zero-order chi connectivity index (χ0) is 25.2. The number of halogens is 3. The molecule has 4 rings (SSSR count). The molecule has 1 atom stereocenters. The van der Waals surface area contributed by atoms with Crippen LogP contribution in [0.25, 0.3) is 11.4 Å². The molecule has 3 heterocycles. The zero-order valence-electron chi connectivity index (χ0n) is 19.3. The SMILES string of the molecule is CNc1cc(N2CCO[C@H](C)C2)nc(-c2cc(NC(=O)c3cc(C(F)(F)F)cnn3)ccc2C)n1. The number of carbonyl (C=O) groups excluding carboxylic acids is 1. The number of amides is 1. The highest BCUT2D eigenvalue weighted by Crippen LogP contribution is 2.30. The summed E-state index contributed by atoms with van der Waals surface area (Å²) in [7, 11) is 1.76. The van der Waals surface area contributed by atoms with Gasteiger partial charge in [-0.2, -0.15) is 18.3 Å². The van der Waals surface area contributed by atoms with Gasteiger partial charge < -0.3 is 20.3 Å². The predicted octanol–water partition coefficient (Wildman–Crippen LogP) is 3.78. The van der Waals surface area contributed by atoms with Crippen LogP contribution in [-0.2, 0) is 10.9 Å². The summed E-state index contributed by atoms with van der Waals surface area (Å²) in [6.07, 6.45) is -3.99. The number of benzene rings is 1. The zero-order valence-corrected chi connectivity index (χ0v) is 19.3. The van der Waals surface area contributed by atoms with Gasteiger partial charge in [0.1, 0.15) is 11.6 Å². The highest BCUT2D eigenvalue weighted by molar-refractivity contribution is 6.03. The Balaban J connectivity index is 1.63. The molecule has 1 saturated heterocycles. The van der Waals surface area contributed by atoms with Gasteiger partial charge in [-0.25, -0.2) is 9.97 Å². The first kappa shape index (κ1) is 24.3. The smallest absolute Gasteiger partial charge is 0.375 e. The molecule has 2 aromatic heterocycles. The minimum Gasteiger partial charge on any atom is -0.375 e. The van der Waals surface area contributed by atoms with E-state index in [2.05, 4.69) is 30.7 Å². The van der Waals surface area contributed by atoms with E-state index >= 15 is 0 Å². The summed E-state index contributed by atoms with van der Waals surface area (Å²) in [6.45, 7) is 5.85. The second-order valence-corrected chi connectivity index (χ2v) is 8.12. The Bertz CT molecular complexity index is 1240. The summed E-state index contributed by atoms with van der Waals surface area (Å²) in [5.41, 5.74) is 0.382. The lowest BCUT2D eigenvalue weighted by Gasteiger charge is -2.32. The normalized spacial score (nSPS) is 16.2. The van der Waals surface area contributed by atoms with Crippen LogP contribution in [0, 0.1) is 6.92 Å². The van der Waals surface area contributed by atoms with E-state index in [9.17, 15) is 18.0 Å². The van der Waals surface area contributed by atoms with E-state index in [0.717, 1.165) is 11.4 Å². The van der Waals surface area contributed by atoms with E-state index in [1.54, 1.807) is 25.2 Å². The molecule has 1 aliphatic rings. The fraction of sp³-hybridized carbons (Fsp3) is 0.348. The Morgan fingerprint density at radius 1 is 1.20 bits per heavy atom. The number of rotatable bonds is 5. The Morgan fingerprint density at radius 3 is 2.71 bits per heavy atom. The van der Waals surface area contributed by atoms with Crippen molar-refractivity contribution in [2.75, 3.05) is 42.3 Å². The van der Waals surface area contributed by atoms with Crippen molar-refractivity contribution < 1.29 is 22.7 Å². The molecule has 0 bridgehead atoms. The van der Waals surface area contributed by atoms with Crippen molar-refractivity contribution in [1.29, 1.82) is 0 Å². The lowest BCUT2D eigenvalue weighted by molar-refractivity contribution is -0.137. The van der Waals surface area contributed by atoms with Gasteiger partial charge in [0.25, 0.3) is 5.91 Å². The van der Waals surface area contributed by atoms with E-state index < -0.39 is 23.3 Å². The average Bonchev–Trinajstić information content (AvgIpc) is 2.84. The summed E-state index contributed by atoms with van der Waals surface area (Å²) < 4.78 is 44.5. The molecule has 9 nitrogen and oxygen atoms in total. The van der Waals surface area contributed by atoms with Crippen LogP contribution < -0.4 is 15.5 Å². The molecule has 35 heavy (non-hydrogen) atoms. The van der Waals surface area contributed by atoms with Crippen LogP contribution in [0.5, 0.6) is 0 Å².